The molecule has 0 aromatic heterocycles. The van der Waals surface area contributed by atoms with Crippen LogP contribution >= 0.6 is 0 Å². The standard InChI is InChI=1S/C18H32N2O4.C2H6/c1-8-18(7,11-17(4,5)6)16(24)20-10-9-19-14(21)12(2)13(3)15(22)23;1-2/h8-11H2,1-7H3,(H,19,21)(H,20,24)(H,22,23);1-2H3/b13-12-;. The predicted octanol–water partition coefficient (Wildman–Crippen LogP) is 3.52. The van der Waals surface area contributed by atoms with Gasteiger partial charge in [-0.1, -0.05) is 48.5 Å². The van der Waals surface area contributed by atoms with Crippen LogP contribution in [0.5, 0.6) is 0 Å². The fraction of sp³-hybridized carbons (Fsp3) is 0.750. The normalized spacial score (nSPS) is 14.2. The van der Waals surface area contributed by atoms with E-state index in [9.17, 15) is 14.4 Å². The van der Waals surface area contributed by atoms with Gasteiger partial charge in [0.1, 0.15) is 0 Å². The van der Waals surface area contributed by atoms with Gasteiger partial charge in [0.25, 0.3) is 0 Å². The number of carbonyl (C=O) groups is 3. The van der Waals surface area contributed by atoms with Crippen molar-refractivity contribution in [3.05, 3.63) is 11.1 Å². The van der Waals surface area contributed by atoms with Crippen LogP contribution in [0.2, 0.25) is 0 Å². The Kier molecular flexibility index (Phi) is 11.9. The van der Waals surface area contributed by atoms with E-state index in [0.29, 0.717) is 6.54 Å². The molecule has 1 unspecified atom stereocenters. The maximum absolute atomic E-state index is 12.4. The summed E-state index contributed by atoms with van der Waals surface area (Å²) in [4.78, 5) is 35.1. The second kappa shape index (κ2) is 11.7. The summed E-state index contributed by atoms with van der Waals surface area (Å²) in [6.45, 7) is 17.7. The van der Waals surface area contributed by atoms with Gasteiger partial charge in [-0.3, -0.25) is 9.59 Å². The van der Waals surface area contributed by atoms with Crippen LogP contribution in [0.4, 0.5) is 0 Å². The summed E-state index contributed by atoms with van der Waals surface area (Å²) in [7, 11) is 0. The first-order chi connectivity index (χ1) is 11.8. The van der Waals surface area contributed by atoms with Crippen LogP contribution in [0, 0.1) is 10.8 Å². The quantitative estimate of drug-likeness (QED) is 0.450. The molecule has 0 aliphatic carbocycles. The number of hydrogen-bond donors (Lipinski definition) is 3. The largest absolute Gasteiger partial charge is 0.478 e. The zero-order valence-corrected chi connectivity index (χ0v) is 18.0. The molecule has 6 nitrogen and oxygen atoms in total. The highest BCUT2D eigenvalue weighted by Crippen LogP contribution is 2.36. The first-order valence-corrected chi connectivity index (χ1v) is 9.31. The number of aliphatic carboxylic acids is 1. The molecule has 0 saturated heterocycles. The fourth-order valence-electron chi connectivity index (χ4n) is 2.57. The third-order valence-electron chi connectivity index (χ3n) is 4.17. The van der Waals surface area contributed by atoms with Crippen molar-refractivity contribution in [3.8, 4) is 0 Å². The van der Waals surface area contributed by atoms with E-state index in [1.807, 2.05) is 27.7 Å². The van der Waals surface area contributed by atoms with Crippen LogP contribution in [-0.2, 0) is 14.4 Å². The summed E-state index contributed by atoms with van der Waals surface area (Å²) >= 11 is 0. The van der Waals surface area contributed by atoms with Gasteiger partial charge in [-0.25, -0.2) is 4.79 Å². The van der Waals surface area contributed by atoms with Gasteiger partial charge in [0.2, 0.25) is 11.8 Å². The van der Waals surface area contributed by atoms with Crippen molar-refractivity contribution in [2.45, 2.75) is 75.2 Å². The Bertz CT molecular complexity index is 518. The maximum atomic E-state index is 12.4. The second-order valence-corrected chi connectivity index (χ2v) is 7.72. The maximum Gasteiger partial charge on any atom is 0.331 e. The number of amides is 2. The Morgan fingerprint density at radius 2 is 1.35 bits per heavy atom. The molecule has 3 N–H and O–H groups in total. The molecule has 2 amide bonds. The molecule has 0 aromatic carbocycles. The lowest BCUT2D eigenvalue weighted by atomic mass is 9.73. The molecule has 0 fully saturated rings. The minimum Gasteiger partial charge on any atom is -0.478 e. The molecule has 1 atom stereocenters. The van der Waals surface area contributed by atoms with Crippen LogP contribution in [0.1, 0.15) is 75.2 Å². The second-order valence-electron chi connectivity index (χ2n) is 7.72. The number of carboxylic acids is 1. The van der Waals surface area contributed by atoms with Gasteiger partial charge >= 0.3 is 5.97 Å². The molecule has 152 valence electrons. The summed E-state index contributed by atoms with van der Waals surface area (Å²) < 4.78 is 0. The molecule has 0 saturated carbocycles. The lowest BCUT2D eigenvalue weighted by molar-refractivity contribution is -0.133. The first kappa shape index (κ1) is 26.4. The monoisotopic (exact) mass is 370 g/mol. The summed E-state index contributed by atoms with van der Waals surface area (Å²) in [5.74, 6) is -1.57. The van der Waals surface area contributed by atoms with E-state index in [4.69, 9.17) is 5.11 Å². The van der Waals surface area contributed by atoms with E-state index in [1.54, 1.807) is 0 Å². The molecule has 26 heavy (non-hydrogen) atoms. The Morgan fingerprint density at radius 1 is 0.885 bits per heavy atom. The molecular weight excluding hydrogens is 332 g/mol. The summed E-state index contributed by atoms with van der Waals surface area (Å²) in [6.07, 6.45) is 1.51. The molecule has 0 bridgehead atoms. The van der Waals surface area contributed by atoms with Crippen LogP contribution in [0.25, 0.3) is 0 Å². The van der Waals surface area contributed by atoms with Crippen LogP contribution in [0.15, 0.2) is 11.1 Å². The van der Waals surface area contributed by atoms with Crippen molar-refractivity contribution in [1.29, 1.82) is 0 Å². The van der Waals surface area contributed by atoms with Crippen molar-refractivity contribution in [1.82, 2.24) is 10.6 Å². The number of nitrogens with one attached hydrogen (secondary N) is 2. The highest BCUT2D eigenvalue weighted by molar-refractivity contribution is 6.01. The molecule has 6 heteroatoms. The Labute approximate surface area is 158 Å². The molecule has 0 spiro atoms. The lowest BCUT2D eigenvalue weighted by Crippen LogP contribution is -2.43. The summed E-state index contributed by atoms with van der Waals surface area (Å²) in [5.41, 5.74) is -0.217. The van der Waals surface area contributed by atoms with E-state index in [2.05, 4.69) is 31.4 Å². The number of rotatable bonds is 8. The first-order valence-electron chi connectivity index (χ1n) is 9.31. The molecular formula is C20H38N2O4. The van der Waals surface area contributed by atoms with Crippen LogP contribution in [0.3, 0.4) is 0 Å². The highest BCUT2D eigenvalue weighted by Gasteiger charge is 2.35. The van der Waals surface area contributed by atoms with E-state index in [1.165, 1.54) is 13.8 Å². The van der Waals surface area contributed by atoms with E-state index < -0.39 is 17.3 Å². The van der Waals surface area contributed by atoms with Gasteiger partial charge < -0.3 is 15.7 Å². The number of carbonyl (C=O) groups excluding carboxylic acids is 2. The summed E-state index contributed by atoms with van der Waals surface area (Å²) in [6, 6.07) is 0. The zero-order valence-electron chi connectivity index (χ0n) is 18.0. The van der Waals surface area contributed by atoms with Gasteiger partial charge in [0.05, 0.1) is 0 Å². The third-order valence-corrected chi connectivity index (χ3v) is 4.17. The molecule has 0 heterocycles. The smallest absolute Gasteiger partial charge is 0.331 e. The van der Waals surface area contributed by atoms with Crippen molar-refractivity contribution in [2.75, 3.05) is 13.1 Å². The van der Waals surface area contributed by atoms with E-state index in [0.717, 1.165) is 12.8 Å². The van der Waals surface area contributed by atoms with Gasteiger partial charge in [-0.2, -0.15) is 0 Å². The molecule has 0 rings (SSSR count). The Morgan fingerprint density at radius 3 is 1.73 bits per heavy atom. The van der Waals surface area contributed by atoms with Gasteiger partial charge in [0, 0.05) is 29.7 Å². The Balaban J connectivity index is 0. The van der Waals surface area contributed by atoms with Gasteiger partial charge in [-0.15, -0.1) is 0 Å². The van der Waals surface area contributed by atoms with Gasteiger partial charge in [-0.05, 0) is 32.1 Å². The van der Waals surface area contributed by atoms with Crippen molar-refractivity contribution in [2.24, 2.45) is 10.8 Å². The van der Waals surface area contributed by atoms with Crippen molar-refractivity contribution < 1.29 is 19.5 Å². The molecule has 0 aromatic rings. The van der Waals surface area contributed by atoms with Crippen LogP contribution < -0.4 is 10.6 Å². The number of hydrogen-bond acceptors (Lipinski definition) is 3. The van der Waals surface area contributed by atoms with Crippen LogP contribution in [-0.4, -0.2) is 36.0 Å². The minimum atomic E-state index is -1.11. The average molecular weight is 371 g/mol. The third kappa shape index (κ3) is 9.59. The Hall–Kier alpha value is -1.85. The van der Waals surface area contributed by atoms with Crippen molar-refractivity contribution in [3.63, 3.8) is 0 Å². The highest BCUT2D eigenvalue weighted by atomic mass is 16.4. The molecule has 0 radical (unpaired) electrons. The molecule has 0 aliphatic heterocycles. The van der Waals surface area contributed by atoms with Crippen molar-refractivity contribution >= 4 is 17.8 Å². The predicted molar refractivity (Wildman–Crippen MR) is 106 cm³/mol. The fourth-order valence-corrected chi connectivity index (χ4v) is 2.57. The van der Waals surface area contributed by atoms with E-state index in [-0.39, 0.29) is 29.0 Å². The topological polar surface area (TPSA) is 95.5 Å². The van der Waals surface area contributed by atoms with E-state index >= 15 is 0 Å². The lowest BCUT2D eigenvalue weighted by Gasteiger charge is -2.33. The SMILES string of the molecule is CC.CCC(C)(CC(C)(C)C)C(=O)NCCNC(=O)/C(C)=C(/C)C(=O)O. The van der Waals surface area contributed by atoms with Gasteiger partial charge in [0.15, 0.2) is 0 Å². The summed E-state index contributed by atoms with van der Waals surface area (Å²) in [5, 5.41) is 14.3. The molecule has 0 aliphatic rings. The zero-order chi connectivity index (χ0) is 21.1. The number of carboxylic acid groups (broad SMARTS) is 1. The average Bonchev–Trinajstić information content (AvgIpc) is 2.56. The minimum absolute atomic E-state index is 0.0141.